The number of benzene rings is 1. The van der Waals surface area contributed by atoms with Crippen LogP contribution in [0.4, 0.5) is 0 Å². The lowest BCUT2D eigenvalue weighted by molar-refractivity contribution is -0.145. The van der Waals surface area contributed by atoms with Crippen LogP contribution < -0.4 is 4.74 Å². The quantitative estimate of drug-likeness (QED) is 0.607. The molecule has 1 atom stereocenters. The number of piperazine rings is 1. The fraction of sp³-hybridized carbons (Fsp3) is 0.652. The highest BCUT2D eigenvalue weighted by atomic mass is 35.5. The number of carbonyl (C=O) groups excluding carboxylic acids is 2. The van der Waals surface area contributed by atoms with Gasteiger partial charge in [0.05, 0.1) is 6.61 Å². The normalized spacial score (nSPS) is 22.4. The molecule has 0 N–H and O–H groups in total. The fourth-order valence-electron chi connectivity index (χ4n) is 4.30. The molecule has 31 heavy (non-hydrogen) atoms. The number of likely N-dealkylation sites (N-methyl/N-ethyl adjacent to an activating group) is 1. The molecule has 1 aromatic rings. The van der Waals surface area contributed by atoms with Gasteiger partial charge in [0.15, 0.2) is 0 Å². The zero-order chi connectivity index (χ0) is 22.3. The summed E-state index contributed by atoms with van der Waals surface area (Å²) in [5.74, 6) is 0.791. The van der Waals surface area contributed by atoms with Crippen molar-refractivity contribution in [2.45, 2.75) is 26.2 Å². The summed E-state index contributed by atoms with van der Waals surface area (Å²) in [6, 6.07) is 7.29. The maximum Gasteiger partial charge on any atom is 0.248 e. The smallest absolute Gasteiger partial charge is 0.248 e. The second-order valence-corrected chi connectivity index (χ2v) is 9.10. The molecule has 0 aromatic heterocycles. The van der Waals surface area contributed by atoms with Gasteiger partial charge in [0.1, 0.15) is 12.4 Å². The first-order valence-corrected chi connectivity index (χ1v) is 11.5. The number of hydrogen-bond donors (Lipinski definition) is 0. The number of piperidine rings is 1. The number of nitrogens with zero attached hydrogens (tertiary/aromatic N) is 3. The molecule has 0 aliphatic carbocycles. The third kappa shape index (κ3) is 6.82. The summed E-state index contributed by atoms with van der Waals surface area (Å²) < 4.78 is 11.4. The van der Waals surface area contributed by atoms with Gasteiger partial charge in [-0.15, -0.1) is 0 Å². The second kappa shape index (κ2) is 11.2. The predicted octanol–water partition coefficient (Wildman–Crippen LogP) is 2.53. The average Bonchev–Trinajstić information content (AvgIpc) is 2.77. The molecule has 2 aliphatic heterocycles. The highest BCUT2D eigenvalue weighted by Gasteiger charge is 2.41. The minimum Gasteiger partial charge on any atom is -0.493 e. The Hall–Kier alpha value is -1.83. The Balaban J connectivity index is 1.72. The first-order chi connectivity index (χ1) is 14.9. The summed E-state index contributed by atoms with van der Waals surface area (Å²) in [6.45, 7) is 7.27. The molecule has 1 aromatic carbocycles. The highest BCUT2D eigenvalue weighted by Crippen LogP contribution is 2.35. The first kappa shape index (κ1) is 23.8. The van der Waals surface area contributed by atoms with Crippen LogP contribution in [0.5, 0.6) is 5.75 Å². The number of hydrogen-bond acceptors (Lipinski definition) is 5. The maximum atomic E-state index is 13.2. The molecule has 0 radical (unpaired) electrons. The molecule has 3 rings (SSSR count). The van der Waals surface area contributed by atoms with Gasteiger partial charge in [0.2, 0.25) is 11.8 Å². The molecule has 1 unspecified atom stereocenters. The SMILES string of the molecule is CCOCC(=O)N1CCCC(COc2cccc(Cl)c2)(CC(=O)N2CCN(C)CC2)C1. The van der Waals surface area contributed by atoms with Crippen LogP contribution in [-0.2, 0) is 14.3 Å². The van der Waals surface area contributed by atoms with E-state index in [1.165, 1.54) is 0 Å². The number of ether oxygens (including phenoxy) is 2. The Morgan fingerprint density at radius 2 is 1.87 bits per heavy atom. The topological polar surface area (TPSA) is 62.3 Å². The van der Waals surface area contributed by atoms with Crippen LogP contribution in [0.2, 0.25) is 5.02 Å². The molecular formula is C23H34ClN3O4. The van der Waals surface area contributed by atoms with E-state index in [0.29, 0.717) is 43.5 Å². The fourth-order valence-corrected chi connectivity index (χ4v) is 4.48. The lowest BCUT2D eigenvalue weighted by atomic mass is 9.77. The van der Waals surface area contributed by atoms with Gasteiger partial charge in [-0.1, -0.05) is 17.7 Å². The lowest BCUT2D eigenvalue weighted by Crippen LogP contribution is -2.53. The molecular weight excluding hydrogens is 418 g/mol. The Morgan fingerprint density at radius 1 is 1.10 bits per heavy atom. The van der Waals surface area contributed by atoms with E-state index < -0.39 is 5.41 Å². The molecule has 0 saturated carbocycles. The van der Waals surface area contributed by atoms with E-state index in [0.717, 1.165) is 39.0 Å². The third-order valence-electron chi connectivity index (χ3n) is 6.17. The number of likely N-dealkylation sites (tertiary alicyclic amines) is 1. The van der Waals surface area contributed by atoms with Gasteiger partial charge in [-0.05, 0) is 45.0 Å². The van der Waals surface area contributed by atoms with Crippen LogP contribution in [0.25, 0.3) is 0 Å². The van der Waals surface area contributed by atoms with Gasteiger partial charge in [0.25, 0.3) is 0 Å². The van der Waals surface area contributed by atoms with Gasteiger partial charge in [0, 0.05) is 62.7 Å². The average molecular weight is 452 g/mol. The third-order valence-corrected chi connectivity index (χ3v) is 6.40. The maximum absolute atomic E-state index is 13.2. The number of carbonyl (C=O) groups is 2. The standard InChI is InChI=1S/C23H34ClN3O4/c1-3-30-16-22(29)27-9-5-8-23(17-27,18-31-20-7-4-6-19(24)14-20)15-21(28)26-12-10-25(2)11-13-26/h4,6-7,14H,3,5,8-13,15-18H2,1-2H3. The van der Waals surface area contributed by atoms with Gasteiger partial charge in [-0.3, -0.25) is 9.59 Å². The van der Waals surface area contributed by atoms with Gasteiger partial charge >= 0.3 is 0 Å². The largest absolute Gasteiger partial charge is 0.493 e. The van der Waals surface area contributed by atoms with Crippen molar-refractivity contribution in [2.75, 3.05) is 66.1 Å². The van der Waals surface area contributed by atoms with Crippen molar-refractivity contribution in [3.05, 3.63) is 29.3 Å². The van der Waals surface area contributed by atoms with Crippen molar-refractivity contribution in [3.63, 3.8) is 0 Å². The Morgan fingerprint density at radius 3 is 2.58 bits per heavy atom. The summed E-state index contributed by atoms with van der Waals surface area (Å²) in [7, 11) is 2.07. The summed E-state index contributed by atoms with van der Waals surface area (Å²) in [4.78, 5) is 31.8. The summed E-state index contributed by atoms with van der Waals surface area (Å²) in [5.41, 5.74) is -0.428. The monoisotopic (exact) mass is 451 g/mol. The first-order valence-electron chi connectivity index (χ1n) is 11.1. The molecule has 2 heterocycles. The van der Waals surface area contributed by atoms with Gasteiger partial charge < -0.3 is 24.2 Å². The van der Waals surface area contributed by atoms with Crippen molar-refractivity contribution < 1.29 is 19.1 Å². The molecule has 8 heteroatoms. The van der Waals surface area contributed by atoms with Crippen LogP contribution in [0, 0.1) is 5.41 Å². The van der Waals surface area contributed by atoms with Crippen LogP contribution in [0.3, 0.4) is 0 Å². The van der Waals surface area contributed by atoms with Crippen molar-refractivity contribution in [3.8, 4) is 5.75 Å². The summed E-state index contributed by atoms with van der Waals surface area (Å²) in [6.07, 6.45) is 2.05. The van der Waals surface area contributed by atoms with Crippen LogP contribution in [0.15, 0.2) is 24.3 Å². The van der Waals surface area contributed by atoms with E-state index in [2.05, 4.69) is 11.9 Å². The molecule has 0 bridgehead atoms. The molecule has 2 saturated heterocycles. The molecule has 2 fully saturated rings. The zero-order valence-electron chi connectivity index (χ0n) is 18.6. The molecule has 0 spiro atoms. The van der Waals surface area contributed by atoms with Crippen LogP contribution in [0.1, 0.15) is 26.2 Å². The minimum atomic E-state index is -0.428. The molecule has 2 amide bonds. The highest BCUT2D eigenvalue weighted by molar-refractivity contribution is 6.30. The molecule has 2 aliphatic rings. The van der Waals surface area contributed by atoms with E-state index in [-0.39, 0.29) is 18.4 Å². The number of halogens is 1. The second-order valence-electron chi connectivity index (χ2n) is 8.66. The molecule has 7 nitrogen and oxygen atoms in total. The Bertz CT molecular complexity index is 754. The van der Waals surface area contributed by atoms with E-state index in [4.69, 9.17) is 21.1 Å². The van der Waals surface area contributed by atoms with Gasteiger partial charge in [-0.25, -0.2) is 0 Å². The number of amides is 2. The van der Waals surface area contributed by atoms with Crippen molar-refractivity contribution in [1.29, 1.82) is 0 Å². The summed E-state index contributed by atoms with van der Waals surface area (Å²) >= 11 is 6.10. The number of rotatable bonds is 8. The van der Waals surface area contributed by atoms with E-state index >= 15 is 0 Å². The Kier molecular flexibility index (Phi) is 8.58. The van der Waals surface area contributed by atoms with Gasteiger partial charge in [-0.2, -0.15) is 0 Å². The zero-order valence-corrected chi connectivity index (χ0v) is 19.4. The van der Waals surface area contributed by atoms with E-state index in [1.807, 2.05) is 28.9 Å². The Labute approximate surface area is 190 Å². The van der Waals surface area contributed by atoms with Crippen molar-refractivity contribution >= 4 is 23.4 Å². The summed E-state index contributed by atoms with van der Waals surface area (Å²) in [5, 5.41) is 0.609. The van der Waals surface area contributed by atoms with E-state index in [9.17, 15) is 9.59 Å². The van der Waals surface area contributed by atoms with Crippen molar-refractivity contribution in [1.82, 2.24) is 14.7 Å². The van der Waals surface area contributed by atoms with E-state index in [1.54, 1.807) is 12.1 Å². The van der Waals surface area contributed by atoms with Crippen molar-refractivity contribution in [2.24, 2.45) is 5.41 Å². The predicted molar refractivity (Wildman–Crippen MR) is 120 cm³/mol. The molecule has 172 valence electrons. The van der Waals surface area contributed by atoms with Crippen LogP contribution in [-0.4, -0.2) is 92.7 Å². The lowest BCUT2D eigenvalue weighted by Gasteiger charge is -2.43. The van der Waals surface area contributed by atoms with Crippen LogP contribution >= 0.6 is 11.6 Å². The minimum absolute atomic E-state index is 0.0271.